The third kappa shape index (κ3) is 4.32. The fourth-order valence-electron chi connectivity index (χ4n) is 2.39. The number of carboxylic acids is 1. The van der Waals surface area contributed by atoms with Crippen molar-refractivity contribution in [2.45, 2.75) is 45.1 Å². The van der Waals surface area contributed by atoms with Gasteiger partial charge in [0.15, 0.2) is 0 Å². The van der Waals surface area contributed by atoms with Crippen molar-refractivity contribution in [1.82, 2.24) is 19.9 Å². The lowest BCUT2D eigenvalue weighted by Gasteiger charge is -2.24. The van der Waals surface area contributed by atoms with E-state index in [1.807, 2.05) is 4.90 Å². The lowest BCUT2D eigenvalue weighted by molar-refractivity contribution is -0.136. The summed E-state index contributed by atoms with van der Waals surface area (Å²) in [5.41, 5.74) is 0.373. The molecule has 1 aliphatic heterocycles. The van der Waals surface area contributed by atoms with Crippen molar-refractivity contribution in [3.8, 4) is 0 Å². The minimum absolute atomic E-state index is 0.0266. The maximum atomic E-state index is 12.2. The first-order chi connectivity index (χ1) is 9.65. The monoisotopic (exact) mass is 280 g/mol. The zero-order valence-electron chi connectivity index (χ0n) is 11.5. The molecule has 2 rings (SSSR count). The minimum Gasteiger partial charge on any atom is -0.481 e. The highest BCUT2D eigenvalue weighted by atomic mass is 16.4. The normalized spacial score (nSPS) is 16.5. The smallest absolute Gasteiger partial charge is 0.309 e. The van der Waals surface area contributed by atoms with Gasteiger partial charge in [0, 0.05) is 19.3 Å². The Kier molecular flexibility index (Phi) is 5.09. The second-order valence-electron chi connectivity index (χ2n) is 5.13. The van der Waals surface area contributed by atoms with Crippen LogP contribution in [0.2, 0.25) is 0 Å². The van der Waals surface area contributed by atoms with Gasteiger partial charge in [-0.05, 0) is 12.8 Å². The number of carbonyl (C=O) groups is 2. The van der Waals surface area contributed by atoms with E-state index in [-0.39, 0.29) is 18.9 Å². The molecule has 0 saturated carbocycles. The molecule has 1 fully saturated rings. The molecule has 1 aromatic rings. The van der Waals surface area contributed by atoms with Crippen LogP contribution in [0.4, 0.5) is 0 Å². The number of nitrogens with zero attached hydrogens (tertiary/aromatic N) is 4. The van der Waals surface area contributed by atoms with Crippen LogP contribution in [0, 0.1) is 0 Å². The van der Waals surface area contributed by atoms with Crippen molar-refractivity contribution in [3.05, 3.63) is 11.9 Å². The van der Waals surface area contributed by atoms with Gasteiger partial charge in [-0.1, -0.05) is 24.5 Å². The van der Waals surface area contributed by atoms with E-state index in [1.165, 1.54) is 30.1 Å². The lowest BCUT2D eigenvalue weighted by Crippen LogP contribution is -2.36. The molecule has 0 spiro atoms. The number of carbonyl (C=O) groups excluding carboxylic acids is 1. The van der Waals surface area contributed by atoms with Crippen LogP contribution in [-0.4, -0.2) is 50.0 Å². The Morgan fingerprint density at radius 1 is 1.15 bits per heavy atom. The molecule has 1 amide bonds. The molecule has 0 atom stereocenters. The predicted octanol–water partition coefficient (Wildman–Crippen LogP) is 0.698. The highest BCUT2D eigenvalue weighted by Crippen LogP contribution is 2.11. The molecule has 1 saturated heterocycles. The second-order valence-corrected chi connectivity index (χ2v) is 5.13. The molecule has 1 aromatic heterocycles. The molecular weight excluding hydrogens is 260 g/mol. The summed E-state index contributed by atoms with van der Waals surface area (Å²) in [6, 6.07) is 0. The van der Waals surface area contributed by atoms with Gasteiger partial charge in [0.2, 0.25) is 5.91 Å². The van der Waals surface area contributed by atoms with Crippen LogP contribution < -0.4 is 0 Å². The SMILES string of the molecule is O=C(O)Cc1cn(CC(=O)N2CCCCCCC2)nn1. The van der Waals surface area contributed by atoms with Crippen LogP contribution in [0.1, 0.15) is 37.8 Å². The van der Waals surface area contributed by atoms with Crippen molar-refractivity contribution >= 4 is 11.9 Å². The molecule has 1 N–H and O–H groups in total. The largest absolute Gasteiger partial charge is 0.481 e. The van der Waals surface area contributed by atoms with E-state index in [0.717, 1.165) is 25.9 Å². The summed E-state index contributed by atoms with van der Waals surface area (Å²) in [4.78, 5) is 24.6. The van der Waals surface area contributed by atoms with Crippen molar-refractivity contribution in [1.29, 1.82) is 0 Å². The van der Waals surface area contributed by atoms with Crippen LogP contribution in [0.15, 0.2) is 6.20 Å². The summed E-state index contributed by atoms with van der Waals surface area (Å²) in [5, 5.41) is 16.2. The molecule has 7 nitrogen and oxygen atoms in total. The number of aliphatic carboxylic acids is 1. The average Bonchev–Trinajstić information content (AvgIpc) is 2.74. The van der Waals surface area contributed by atoms with Gasteiger partial charge >= 0.3 is 5.97 Å². The van der Waals surface area contributed by atoms with Crippen molar-refractivity contribution in [2.75, 3.05) is 13.1 Å². The number of aromatic nitrogens is 3. The van der Waals surface area contributed by atoms with E-state index in [1.54, 1.807) is 0 Å². The maximum Gasteiger partial charge on any atom is 0.309 e. The van der Waals surface area contributed by atoms with Gasteiger partial charge in [0.25, 0.3) is 0 Å². The zero-order valence-corrected chi connectivity index (χ0v) is 11.5. The van der Waals surface area contributed by atoms with Gasteiger partial charge in [-0.3, -0.25) is 9.59 Å². The van der Waals surface area contributed by atoms with Crippen molar-refractivity contribution < 1.29 is 14.7 Å². The van der Waals surface area contributed by atoms with Gasteiger partial charge in [-0.2, -0.15) is 0 Å². The quantitative estimate of drug-likeness (QED) is 0.877. The molecule has 0 aromatic carbocycles. The Labute approximate surface area is 117 Å². The van der Waals surface area contributed by atoms with Gasteiger partial charge in [0.05, 0.1) is 12.1 Å². The Morgan fingerprint density at radius 2 is 1.80 bits per heavy atom. The van der Waals surface area contributed by atoms with Crippen LogP contribution >= 0.6 is 0 Å². The van der Waals surface area contributed by atoms with E-state index in [9.17, 15) is 9.59 Å². The molecule has 0 bridgehead atoms. The number of likely N-dealkylation sites (tertiary alicyclic amines) is 1. The van der Waals surface area contributed by atoms with Gasteiger partial charge in [-0.15, -0.1) is 5.10 Å². The molecule has 20 heavy (non-hydrogen) atoms. The Hall–Kier alpha value is -1.92. The Balaban J connectivity index is 1.89. The zero-order chi connectivity index (χ0) is 14.4. The van der Waals surface area contributed by atoms with E-state index in [4.69, 9.17) is 5.11 Å². The topological polar surface area (TPSA) is 88.3 Å². The lowest BCUT2D eigenvalue weighted by atomic mass is 10.1. The Bertz CT molecular complexity index is 464. The fourth-order valence-corrected chi connectivity index (χ4v) is 2.39. The number of hydrogen-bond donors (Lipinski definition) is 1. The summed E-state index contributed by atoms with van der Waals surface area (Å²) in [7, 11) is 0. The van der Waals surface area contributed by atoms with Crippen molar-refractivity contribution in [2.24, 2.45) is 0 Å². The van der Waals surface area contributed by atoms with Crippen LogP contribution in [0.3, 0.4) is 0 Å². The average molecular weight is 280 g/mol. The van der Waals surface area contributed by atoms with Crippen LogP contribution in [0.25, 0.3) is 0 Å². The molecular formula is C13H20N4O3. The molecule has 110 valence electrons. The van der Waals surface area contributed by atoms with Gasteiger partial charge < -0.3 is 10.0 Å². The first-order valence-corrected chi connectivity index (χ1v) is 7.04. The fraction of sp³-hybridized carbons (Fsp3) is 0.692. The summed E-state index contributed by atoms with van der Waals surface area (Å²) in [5.74, 6) is -0.925. The highest BCUT2D eigenvalue weighted by Gasteiger charge is 2.16. The number of hydrogen-bond acceptors (Lipinski definition) is 4. The predicted molar refractivity (Wildman–Crippen MR) is 71.0 cm³/mol. The van der Waals surface area contributed by atoms with Gasteiger partial charge in [-0.25, -0.2) is 4.68 Å². The first-order valence-electron chi connectivity index (χ1n) is 7.04. The van der Waals surface area contributed by atoms with Crippen LogP contribution in [-0.2, 0) is 22.6 Å². The summed E-state index contributed by atoms with van der Waals surface area (Å²) >= 11 is 0. The second kappa shape index (κ2) is 7.02. The van der Waals surface area contributed by atoms with E-state index in [2.05, 4.69) is 10.3 Å². The molecule has 0 radical (unpaired) electrons. The third-order valence-corrected chi connectivity index (χ3v) is 3.42. The Morgan fingerprint density at radius 3 is 2.45 bits per heavy atom. The van der Waals surface area contributed by atoms with E-state index in [0.29, 0.717) is 5.69 Å². The number of rotatable bonds is 4. The van der Waals surface area contributed by atoms with Crippen LogP contribution in [0.5, 0.6) is 0 Å². The van der Waals surface area contributed by atoms with E-state index < -0.39 is 5.97 Å². The summed E-state index contributed by atoms with van der Waals surface area (Å²) in [6.07, 6.45) is 7.06. The molecule has 0 unspecified atom stereocenters. The number of amides is 1. The molecule has 0 aliphatic carbocycles. The molecule has 2 heterocycles. The van der Waals surface area contributed by atoms with Gasteiger partial charge in [0.1, 0.15) is 6.54 Å². The summed E-state index contributed by atoms with van der Waals surface area (Å²) < 4.78 is 1.42. The first kappa shape index (κ1) is 14.5. The minimum atomic E-state index is -0.952. The van der Waals surface area contributed by atoms with E-state index >= 15 is 0 Å². The third-order valence-electron chi connectivity index (χ3n) is 3.42. The maximum absolute atomic E-state index is 12.2. The standard InChI is InChI=1S/C13H20N4O3/c18-12(16-6-4-2-1-3-5-7-16)10-17-9-11(14-15-17)8-13(19)20/h9H,1-8,10H2,(H,19,20). The summed E-state index contributed by atoms with van der Waals surface area (Å²) in [6.45, 7) is 1.73. The molecule has 7 heteroatoms. The van der Waals surface area contributed by atoms with Crippen molar-refractivity contribution in [3.63, 3.8) is 0 Å². The highest BCUT2D eigenvalue weighted by molar-refractivity contribution is 5.76. The molecule has 1 aliphatic rings. The number of carboxylic acid groups (broad SMARTS) is 1.